The Morgan fingerprint density at radius 2 is 1.45 bits per heavy atom. The average molecular weight is 336 g/mol. The van der Waals surface area contributed by atoms with Gasteiger partial charge in [0, 0.05) is 6.42 Å². The molecule has 0 spiro atoms. The number of hydrogen-bond acceptors (Lipinski definition) is 4. The quantitative estimate of drug-likeness (QED) is 0.293. The first-order valence-corrected chi connectivity index (χ1v) is 10.1. The first-order valence-electron chi connectivity index (χ1n) is 8.53. The Labute approximate surface area is 135 Å². The normalized spacial score (nSPS) is 13.0. The van der Waals surface area contributed by atoms with E-state index in [9.17, 15) is 13.2 Å². The van der Waals surface area contributed by atoms with E-state index >= 15 is 0 Å². The Morgan fingerprint density at radius 1 is 0.955 bits per heavy atom. The predicted molar refractivity (Wildman–Crippen MR) is 88.4 cm³/mol. The molecule has 0 aliphatic carbocycles. The van der Waals surface area contributed by atoms with Gasteiger partial charge in [-0.05, 0) is 12.8 Å². The van der Waals surface area contributed by atoms with Gasteiger partial charge in [0.2, 0.25) is 0 Å². The number of carbonyl (C=O) groups excluding carboxylic acids is 1. The smallest absolute Gasteiger partial charge is 0.306 e. The summed E-state index contributed by atoms with van der Waals surface area (Å²) in [4.78, 5) is 11.6. The van der Waals surface area contributed by atoms with Crippen molar-refractivity contribution in [2.24, 2.45) is 0 Å². The van der Waals surface area contributed by atoms with Crippen molar-refractivity contribution in [2.45, 2.75) is 90.6 Å². The van der Waals surface area contributed by atoms with E-state index in [1.807, 2.05) is 0 Å². The summed E-state index contributed by atoms with van der Waals surface area (Å²) in [7, 11) is -4.10. The topological polar surface area (TPSA) is 80.7 Å². The molecule has 0 radical (unpaired) electrons. The molecule has 1 atom stereocenters. The molecule has 0 saturated carbocycles. The standard InChI is InChI=1S/C16H32O5S/c1-3-5-6-7-8-9-10-11-12-13-16(17)21-15(4-2)14-22(18,19)20/h15H,3-14H2,1-2H3,(H,18,19,20). The van der Waals surface area contributed by atoms with Crippen LogP contribution in [0.3, 0.4) is 0 Å². The van der Waals surface area contributed by atoms with Crippen LogP contribution in [-0.2, 0) is 19.6 Å². The number of carbonyl (C=O) groups is 1. The van der Waals surface area contributed by atoms with Gasteiger partial charge in [0.25, 0.3) is 10.1 Å². The largest absolute Gasteiger partial charge is 0.461 e. The molecule has 6 heteroatoms. The summed E-state index contributed by atoms with van der Waals surface area (Å²) in [6.45, 7) is 3.93. The number of rotatable bonds is 14. The van der Waals surface area contributed by atoms with Crippen LogP contribution in [0.25, 0.3) is 0 Å². The van der Waals surface area contributed by atoms with Crippen molar-refractivity contribution < 1.29 is 22.5 Å². The maximum absolute atomic E-state index is 11.6. The van der Waals surface area contributed by atoms with Crippen molar-refractivity contribution >= 4 is 16.1 Å². The molecule has 0 fully saturated rings. The molecule has 0 aliphatic rings. The van der Waals surface area contributed by atoms with Gasteiger partial charge in [0.1, 0.15) is 11.9 Å². The van der Waals surface area contributed by atoms with Crippen LogP contribution in [0.5, 0.6) is 0 Å². The molecule has 0 aromatic rings. The second-order valence-electron chi connectivity index (χ2n) is 5.85. The van der Waals surface area contributed by atoms with Gasteiger partial charge in [-0.15, -0.1) is 0 Å². The van der Waals surface area contributed by atoms with E-state index in [0.29, 0.717) is 12.8 Å². The number of esters is 1. The summed E-state index contributed by atoms with van der Waals surface area (Å²) in [5.41, 5.74) is 0. The van der Waals surface area contributed by atoms with E-state index in [1.54, 1.807) is 6.92 Å². The molecule has 0 aliphatic heterocycles. The first kappa shape index (κ1) is 21.4. The maximum Gasteiger partial charge on any atom is 0.306 e. The lowest BCUT2D eigenvalue weighted by atomic mass is 10.1. The van der Waals surface area contributed by atoms with Crippen molar-refractivity contribution in [2.75, 3.05) is 5.75 Å². The van der Waals surface area contributed by atoms with Crippen LogP contribution in [0.4, 0.5) is 0 Å². The van der Waals surface area contributed by atoms with Crippen LogP contribution in [0.1, 0.15) is 84.5 Å². The van der Waals surface area contributed by atoms with E-state index in [-0.39, 0.29) is 5.97 Å². The van der Waals surface area contributed by atoms with Gasteiger partial charge in [-0.25, -0.2) is 0 Å². The summed E-state index contributed by atoms with van der Waals surface area (Å²) in [5.74, 6) is -0.897. The van der Waals surface area contributed by atoms with Crippen LogP contribution in [0, 0.1) is 0 Å². The lowest BCUT2D eigenvalue weighted by molar-refractivity contribution is -0.148. The second kappa shape index (κ2) is 12.9. The molecule has 1 N–H and O–H groups in total. The Balaban J connectivity index is 3.60. The maximum atomic E-state index is 11.6. The second-order valence-corrected chi connectivity index (χ2v) is 7.34. The van der Waals surface area contributed by atoms with Crippen molar-refractivity contribution in [3.63, 3.8) is 0 Å². The molecule has 0 amide bonds. The molecule has 0 bridgehead atoms. The molecule has 0 aromatic heterocycles. The minimum absolute atomic E-state index is 0.317. The van der Waals surface area contributed by atoms with E-state index in [2.05, 4.69) is 6.92 Å². The Hall–Kier alpha value is -0.620. The van der Waals surface area contributed by atoms with Crippen LogP contribution < -0.4 is 0 Å². The van der Waals surface area contributed by atoms with E-state index in [4.69, 9.17) is 9.29 Å². The zero-order valence-electron chi connectivity index (χ0n) is 14.1. The van der Waals surface area contributed by atoms with Crippen LogP contribution in [0.15, 0.2) is 0 Å². The first-order chi connectivity index (χ1) is 10.4. The number of hydrogen-bond donors (Lipinski definition) is 1. The Kier molecular flexibility index (Phi) is 12.5. The third-order valence-electron chi connectivity index (χ3n) is 3.63. The third-order valence-corrected chi connectivity index (χ3v) is 4.43. The van der Waals surface area contributed by atoms with E-state index in [0.717, 1.165) is 19.3 Å². The van der Waals surface area contributed by atoms with Gasteiger partial charge in [-0.1, -0.05) is 65.2 Å². The zero-order valence-corrected chi connectivity index (χ0v) is 14.9. The SMILES string of the molecule is CCCCCCCCCCCC(=O)OC(CC)CS(=O)(=O)O. The Bertz CT molecular complexity index is 378. The van der Waals surface area contributed by atoms with Crippen molar-refractivity contribution in [3.05, 3.63) is 0 Å². The molecule has 0 saturated heterocycles. The van der Waals surface area contributed by atoms with Crippen molar-refractivity contribution in [3.8, 4) is 0 Å². The van der Waals surface area contributed by atoms with Gasteiger partial charge in [-0.3, -0.25) is 9.35 Å². The van der Waals surface area contributed by atoms with Crippen molar-refractivity contribution in [1.29, 1.82) is 0 Å². The summed E-state index contributed by atoms with van der Waals surface area (Å²) in [5, 5.41) is 0. The van der Waals surface area contributed by atoms with Gasteiger partial charge in [0.15, 0.2) is 0 Å². The molecule has 0 heterocycles. The van der Waals surface area contributed by atoms with E-state index in [1.165, 1.54) is 38.5 Å². The molecule has 0 rings (SSSR count). The highest BCUT2D eigenvalue weighted by molar-refractivity contribution is 7.85. The molecule has 1 unspecified atom stereocenters. The molecule has 22 heavy (non-hydrogen) atoms. The summed E-state index contributed by atoms with van der Waals surface area (Å²) in [6.07, 6.45) is 10.5. The van der Waals surface area contributed by atoms with Crippen molar-refractivity contribution in [1.82, 2.24) is 0 Å². The highest BCUT2D eigenvalue weighted by Crippen LogP contribution is 2.11. The highest BCUT2D eigenvalue weighted by atomic mass is 32.2. The minimum atomic E-state index is -4.10. The summed E-state index contributed by atoms with van der Waals surface area (Å²) < 4.78 is 35.4. The fourth-order valence-electron chi connectivity index (χ4n) is 2.29. The molecule has 0 aromatic carbocycles. The van der Waals surface area contributed by atoms with Crippen LogP contribution in [-0.4, -0.2) is 30.8 Å². The van der Waals surface area contributed by atoms with Gasteiger partial charge in [0.05, 0.1) is 0 Å². The predicted octanol–water partition coefficient (Wildman–Crippen LogP) is 4.12. The zero-order chi connectivity index (χ0) is 16.8. The van der Waals surface area contributed by atoms with E-state index < -0.39 is 22.0 Å². The van der Waals surface area contributed by atoms with Crippen LogP contribution >= 0.6 is 0 Å². The van der Waals surface area contributed by atoms with Gasteiger partial charge >= 0.3 is 5.97 Å². The lowest BCUT2D eigenvalue weighted by Crippen LogP contribution is -2.25. The summed E-state index contributed by atoms with van der Waals surface area (Å²) in [6, 6.07) is 0. The fourth-order valence-corrected chi connectivity index (χ4v) is 3.07. The lowest BCUT2D eigenvalue weighted by Gasteiger charge is -2.14. The van der Waals surface area contributed by atoms with Gasteiger partial charge < -0.3 is 4.74 Å². The highest BCUT2D eigenvalue weighted by Gasteiger charge is 2.19. The third kappa shape index (κ3) is 14.3. The molecule has 5 nitrogen and oxygen atoms in total. The molecular weight excluding hydrogens is 304 g/mol. The number of ether oxygens (including phenoxy) is 1. The number of unbranched alkanes of at least 4 members (excludes halogenated alkanes) is 8. The minimum Gasteiger partial charge on any atom is -0.461 e. The van der Waals surface area contributed by atoms with Crippen LogP contribution in [0.2, 0.25) is 0 Å². The molecule has 132 valence electrons. The average Bonchev–Trinajstić information content (AvgIpc) is 2.43. The summed E-state index contributed by atoms with van der Waals surface area (Å²) >= 11 is 0. The monoisotopic (exact) mass is 336 g/mol. The van der Waals surface area contributed by atoms with Gasteiger partial charge in [-0.2, -0.15) is 8.42 Å². The fraction of sp³-hybridized carbons (Fsp3) is 0.938. The Morgan fingerprint density at radius 3 is 1.91 bits per heavy atom. The molecular formula is C16H32O5S.